The van der Waals surface area contributed by atoms with Crippen LogP contribution in [0.1, 0.15) is 12.2 Å². The van der Waals surface area contributed by atoms with Crippen molar-refractivity contribution in [3.8, 4) is 11.4 Å². The van der Waals surface area contributed by atoms with Crippen LogP contribution in [0.2, 0.25) is 0 Å². The molecule has 3 heterocycles. The molecule has 4 rings (SSSR count). The average molecular weight is 355 g/mol. The molecule has 1 aliphatic rings. The normalized spacial score (nSPS) is 17.2. The Hall–Kier alpha value is -2.58. The van der Waals surface area contributed by atoms with E-state index in [1.807, 2.05) is 34.9 Å². The van der Waals surface area contributed by atoms with Crippen LogP contribution in [-0.4, -0.2) is 34.2 Å². The minimum Gasteiger partial charge on any atom is -0.309 e. The Morgan fingerprint density at radius 1 is 1.08 bits per heavy atom. The molecule has 0 aliphatic carbocycles. The van der Waals surface area contributed by atoms with Crippen LogP contribution in [0.5, 0.6) is 0 Å². The van der Waals surface area contributed by atoms with E-state index in [4.69, 9.17) is 0 Å². The van der Waals surface area contributed by atoms with Crippen molar-refractivity contribution in [1.29, 1.82) is 0 Å². The molecule has 3 aromatic rings. The van der Waals surface area contributed by atoms with Crippen molar-refractivity contribution in [3.63, 3.8) is 0 Å². The highest BCUT2D eigenvalue weighted by Crippen LogP contribution is 2.23. The van der Waals surface area contributed by atoms with Crippen LogP contribution in [0.4, 0.5) is 0 Å². The third kappa shape index (κ3) is 3.18. The van der Waals surface area contributed by atoms with E-state index in [-0.39, 0.29) is 10.9 Å². The minimum atomic E-state index is -3.59. The molecule has 0 radical (unpaired) electrons. The van der Waals surface area contributed by atoms with Gasteiger partial charge in [-0.3, -0.25) is 4.98 Å². The van der Waals surface area contributed by atoms with Crippen LogP contribution in [0, 0.1) is 0 Å². The van der Waals surface area contributed by atoms with E-state index in [1.54, 1.807) is 12.3 Å². The highest BCUT2D eigenvalue weighted by molar-refractivity contribution is 7.89. The SMILES string of the molecule is O=S(=O)(N[C@H]1CCc2nnc(-c3ccccc3)n2C1)c1cccnc1. The Morgan fingerprint density at radius 2 is 1.92 bits per heavy atom. The van der Waals surface area contributed by atoms with Gasteiger partial charge in [0.2, 0.25) is 10.0 Å². The molecule has 1 N–H and O–H groups in total. The van der Waals surface area contributed by atoms with E-state index >= 15 is 0 Å². The maximum Gasteiger partial charge on any atom is 0.242 e. The van der Waals surface area contributed by atoms with Gasteiger partial charge in [0.05, 0.1) is 0 Å². The number of fused-ring (bicyclic) bond motifs is 1. The Kier molecular flexibility index (Phi) is 4.06. The van der Waals surface area contributed by atoms with Gasteiger partial charge in [-0.15, -0.1) is 10.2 Å². The number of nitrogens with one attached hydrogen (secondary N) is 1. The van der Waals surface area contributed by atoms with Gasteiger partial charge in [0.1, 0.15) is 10.7 Å². The minimum absolute atomic E-state index is 0.174. The number of pyridine rings is 1. The lowest BCUT2D eigenvalue weighted by molar-refractivity contribution is 0.423. The molecule has 0 amide bonds. The zero-order valence-corrected chi connectivity index (χ0v) is 14.2. The third-order valence-electron chi connectivity index (χ3n) is 4.25. The first-order valence-corrected chi connectivity index (χ1v) is 9.52. The lowest BCUT2D eigenvalue weighted by Crippen LogP contribution is -2.41. The van der Waals surface area contributed by atoms with Crippen LogP contribution >= 0.6 is 0 Å². The number of aromatic nitrogens is 4. The van der Waals surface area contributed by atoms with Gasteiger partial charge in [0, 0.05) is 37.0 Å². The quantitative estimate of drug-likeness (QED) is 0.768. The molecule has 0 saturated heterocycles. The third-order valence-corrected chi connectivity index (χ3v) is 5.75. The maximum atomic E-state index is 12.5. The monoisotopic (exact) mass is 355 g/mol. The standard InChI is InChI=1S/C17H17N5O2S/c23-25(24,15-7-4-10-18-11-15)21-14-8-9-16-19-20-17(22(16)12-14)13-5-2-1-3-6-13/h1-7,10-11,14,21H,8-9,12H2/t14-/m0/s1. The highest BCUT2D eigenvalue weighted by Gasteiger charge is 2.27. The summed E-state index contributed by atoms with van der Waals surface area (Å²) in [5.74, 6) is 1.65. The van der Waals surface area contributed by atoms with Gasteiger partial charge in [-0.25, -0.2) is 13.1 Å². The first kappa shape index (κ1) is 15.9. The molecule has 1 atom stereocenters. The molecular weight excluding hydrogens is 338 g/mol. The summed E-state index contributed by atoms with van der Waals surface area (Å²) in [4.78, 5) is 4.06. The molecule has 0 bridgehead atoms. The molecule has 25 heavy (non-hydrogen) atoms. The van der Waals surface area contributed by atoms with Crippen molar-refractivity contribution in [2.45, 2.75) is 30.3 Å². The molecule has 0 saturated carbocycles. The van der Waals surface area contributed by atoms with Crippen molar-refractivity contribution in [1.82, 2.24) is 24.5 Å². The molecule has 128 valence electrons. The van der Waals surface area contributed by atoms with Crippen molar-refractivity contribution in [3.05, 3.63) is 60.7 Å². The molecule has 2 aromatic heterocycles. The number of nitrogens with zero attached hydrogens (tertiary/aromatic N) is 4. The van der Waals surface area contributed by atoms with Gasteiger partial charge < -0.3 is 4.57 Å². The van der Waals surface area contributed by atoms with Gasteiger partial charge >= 0.3 is 0 Å². The second-order valence-electron chi connectivity index (χ2n) is 5.96. The predicted molar refractivity (Wildman–Crippen MR) is 92.1 cm³/mol. The average Bonchev–Trinajstić information content (AvgIpc) is 3.06. The van der Waals surface area contributed by atoms with Crippen LogP contribution in [0.15, 0.2) is 59.8 Å². The van der Waals surface area contributed by atoms with Crippen molar-refractivity contribution in [2.24, 2.45) is 0 Å². The zero-order chi connectivity index (χ0) is 17.3. The summed E-state index contributed by atoms with van der Waals surface area (Å²) in [7, 11) is -3.59. The molecular formula is C17H17N5O2S. The number of hydrogen-bond acceptors (Lipinski definition) is 5. The second kappa shape index (κ2) is 6.38. The Bertz CT molecular complexity index is 971. The molecule has 0 spiro atoms. The van der Waals surface area contributed by atoms with E-state index in [0.29, 0.717) is 19.4 Å². The molecule has 7 nitrogen and oxygen atoms in total. The van der Waals surface area contributed by atoms with Crippen LogP contribution in [0.25, 0.3) is 11.4 Å². The molecule has 0 unspecified atom stereocenters. The van der Waals surface area contributed by atoms with E-state index in [0.717, 1.165) is 17.2 Å². The fourth-order valence-corrected chi connectivity index (χ4v) is 4.24. The Morgan fingerprint density at radius 3 is 2.68 bits per heavy atom. The van der Waals surface area contributed by atoms with Gasteiger partial charge in [0.25, 0.3) is 0 Å². The number of hydrogen-bond donors (Lipinski definition) is 1. The molecule has 1 aromatic carbocycles. The van der Waals surface area contributed by atoms with Crippen LogP contribution < -0.4 is 4.72 Å². The summed E-state index contributed by atoms with van der Waals surface area (Å²) >= 11 is 0. The fraction of sp³-hybridized carbons (Fsp3) is 0.235. The Balaban J connectivity index is 1.58. The maximum absolute atomic E-state index is 12.5. The lowest BCUT2D eigenvalue weighted by atomic mass is 10.1. The first-order chi connectivity index (χ1) is 12.1. The summed E-state index contributed by atoms with van der Waals surface area (Å²) in [5, 5.41) is 8.53. The van der Waals surface area contributed by atoms with Crippen molar-refractivity contribution >= 4 is 10.0 Å². The predicted octanol–water partition coefficient (Wildman–Crippen LogP) is 1.63. The smallest absolute Gasteiger partial charge is 0.242 e. The van der Waals surface area contributed by atoms with Gasteiger partial charge in [-0.1, -0.05) is 30.3 Å². The topological polar surface area (TPSA) is 89.8 Å². The van der Waals surface area contributed by atoms with Gasteiger partial charge in [-0.05, 0) is 18.6 Å². The molecule has 1 aliphatic heterocycles. The van der Waals surface area contributed by atoms with E-state index < -0.39 is 10.0 Å². The first-order valence-electron chi connectivity index (χ1n) is 8.03. The highest BCUT2D eigenvalue weighted by atomic mass is 32.2. The van der Waals surface area contributed by atoms with E-state index in [1.165, 1.54) is 12.3 Å². The second-order valence-corrected chi connectivity index (χ2v) is 7.68. The summed E-state index contributed by atoms with van der Waals surface area (Å²) in [6.07, 6.45) is 4.27. The summed E-state index contributed by atoms with van der Waals surface area (Å²) < 4.78 is 29.8. The molecule has 8 heteroatoms. The Labute approximate surface area is 145 Å². The molecule has 0 fully saturated rings. The van der Waals surface area contributed by atoms with Gasteiger partial charge in [0.15, 0.2) is 5.82 Å². The lowest BCUT2D eigenvalue weighted by Gasteiger charge is -2.25. The largest absolute Gasteiger partial charge is 0.309 e. The van der Waals surface area contributed by atoms with Crippen LogP contribution in [-0.2, 0) is 23.0 Å². The number of sulfonamides is 1. The summed E-state index contributed by atoms with van der Waals surface area (Å²) in [5.41, 5.74) is 0.969. The van der Waals surface area contributed by atoms with Crippen molar-refractivity contribution in [2.75, 3.05) is 0 Å². The van der Waals surface area contributed by atoms with Crippen molar-refractivity contribution < 1.29 is 8.42 Å². The van der Waals surface area contributed by atoms with Crippen LogP contribution in [0.3, 0.4) is 0 Å². The summed E-state index contributed by atoms with van der Waals surface area (Å²) in [6, 6.07) is 12.7. The van der Waals surface area contributed by atoms with E-state index in [9.17, 15) is 8.42 Å². The number of rotatable bonds is 4. The fourth-order valence-electron chi connectivity index (χ4n) is 3.02. The van der Waals surface area contributed by atoms with E-state index in [2.05, 4.69) is 19.9 Å². The number of benzene rings is 1. The van der Waals surface area contributed by atoms with Gasteiger partial charge in [-0.2, -0.15) is 0 Å². The number of aryl methyl sites for hydroxylation is 1. The summed E-state index contributed by atoms with van der Waals surface area (Å²) in [6.45, 7) is 0.506. The zero-order valence-electron chi connectivity index (χ0n) is 13.4.